The van der Waals surface area contributed by atoms with E-state index in [1.165, 1.54) is 0 Å². The molecule has 1 saturated carbocycles. The lowest BCUT2D eigenvalue weighted by atomic mass is 9.76. The first kappa shape index (κ1) is 16.3. The van der Waals surface area contributed by atoms with Crippen LogP contribution < -0.4 is 5.32 Å². The number of carbonyl (C=O) groups is 1. The lowest BCUT2D eigenvalue weighted by molar-refractivity contribution is 0.0240. The van der Waals surface area contributed by atoms with Crippen molar-refractivity contribution in [3.8, 4) is 0 Å². The maximum absolute atomic E-state index is 13.0. The van der Waals surface area contributed by atoms with E-state index in [9.17, 15) is 9.90 Å². The summed E-state index contributed by atoms with van der Waals surface area (Å²) in [4.78, 5) is 14.1. The van der Waals surface area contributed by atoms with Crippen LogP contribution in [-0.2, 0) is 7.05 Å². The Hall–Kier alpha value is -2.18. The fourth-order valence-electron chi connectivity index (χ4n) is 3.55. The van der Waals surface area contributed by atoms with Crippen molar-refractivity contribution in [3.63, 3.8) is 0 Å². The number of thiophene rings is 1. The molecule has 4 rings (SSSR count). The largest absolute Gasteiger partial charge is 0.393 e. The molecule has 2 aromatic heterocycles. The van der Waals surface area contributed by atoms with Crippen LogP contribution >= 0.6 is 11.3 Å². The molecule has 130 valence electrons. The van der Waals surface area contributed by atoms with Crippen LogP contribution in [0.4, 0.5) is 0 Å². The van der Waals surface area contributed by atoms with Gasteiger partial charge >= 0.3 is 0 Å². The highest BCUT2D eigenvalue weighted by Crippen LogP contribution is 2.39. The van der Waals surface area contributed by atoms with E-state index in [0.717, 1.165) is 34.2 Å². The van der Waals surface area contributed by atoms with Crippen LogP contribution in [0.15, 0.2) is 35.7 Å². The summed E-state index contributed by atoms with van der Waals surface area (Å²) >= 11 is 1.64. The highest BCUT2D eigenvalue weighted by molar-refractivity contribution is 7.10. The number of nitrogens with zero attached hydrogens (tertiary/aromatic N) is 2. The van der Waals surface area contributed by atoms with Crippen LogP contribution in [0.1, 0.15) is 39.8 Å². The topological polar surface area (TPSA) is 67.2 Å². The lowest BCUT2D eigenvalue weighted by Crippen LogP contribution is -2.41. The van der Waals surface area contributed by atoms with E-state index in [0.29, 0.717) is 5.69 Å². The second-order valence-corrected chi connectivity index (χ2v) is 7.82. The number of hydrogen-bond acceptors (Lipinski definition) is 4. The number of aryl methyl sites for hydroxylation is 2. The van der Waals surface area contributed by atoms with Gasteiger partial charge in [0, 0.05) is 17.3 Å². The molecule has 0 saturated heterocycles. The van der Waals surface area contributed by atoms with Crippen molar-refractivity contribution < 1.29 is 9.90 Å². The van der Waals surface area contributed by atoms with Gasteiger partial charge in [0.2, 0.25) is 0 Å². The Morgan fingerprint density at radius 1 is 1.40 bits per heavy atom. The number of fused-ring (bicyclic) bond motifs is 1. The van der Waals surface area contributed by atoms with Gasteiger partial charge in [-0.1, -0.05) is 17.7 Å². The first-order valence-corrected chi connectivity index (χ1v) is 9.36. The second kappa shape index (κ2) is 6.28. The van der Waals surface area contributed by atoms with E-state index in [2.05, 4.69) is 10.4 Å². The van der Waals surface area contributed by atoms with Gasteiger partial charge in [-0.3, -0.25) is 9.48 Å². The monoisotopic (exact) mass is 355 g/mol. The molecule has 0 unspecified atom stereocenters. The van der Waals surface area contributed by atoms with Gasteiger partial charge in [0.1, 0.15) is 0 Å². The molecule has 1 aromatic carbocycles. The van der Waals surface area contributed by atoms with Crippen molar-refractivity contribution in [1.82, 2.24) is 15.1 Å². The van der Waals surface area contributed by atoms with Crippen LogP contribution in [0.5, 0.6) is 0 Å². The number of hydrogen-bond donors (Lipinski definition) is 2. The number of aliphatic hydroxyl groups excluding tert-OH is 1. The van der Waals surface area contributed by atoms with Crippen LogP contribution in [0, 0.1) is 12.8 Å². The smallest absolute Gasteiger partial charge is 0.272 e. The summed E-state index contributed by atoms with van der Waals surface area (Å²) in [6, 6.07) is 9.99. The van der Waals surface area contributed by atoms with Gasteiger partial charge in [-0.05, 0) is 49.3 Å². The fourth-order valence-corrected chi connectivity index (χ4v) is 4.42. The quantitative estimate of drug-likeness (QED) is 0.755. The fraction of sp³-hybridized carbons (Fsp3) is 0.368. The van der Waals surface area contributed by atoms with Crippen LogP contribution in [-0.4, -0.2) is 26.9 Å². The average molecular weight is 355 g/mol. The summed E-state index contributed by atoms with van der Waals surface area (Å²) in [7, 11) is 1.85. The van der Waals surface area contributed by atoms with E-state index in [1.807, 2.05) is 49.7 Å². The van der Waals surface area contributed by atoms with Gasteiger partial charge < -0.3 is 10.4 Å². The van der Waals surface area contributed by atoms with Crippen molar-refractivity contribution >= 4 is 28.1 Å². The Morgan fingerprint density at radius 2 is 2.20 bits per heavy atom. The molecule has 0 aliphatic heterocycles. The second-order valence-electron chi connectivity index (χ2n) is 6.84. The Balaban J connectivity index is 1.65. The first-order chi connectivity index (χ1) is 12.0. The molecule has 1 atom stereocenters. The highest BCUT2D eigenvalue weighted by atomic mass is 32.1. The lowest BCUT2D eigenvalue weighted by Gasteiger charge is -2.37. The summed E-state index contributed by atoms with van der Waals surface area (Å²) in [5.74, 6) is 0.116. The standard InChI is InChI=1S/C19H21N3O2S/c1-11-5-6-15-14(8-11)18(21-22(15)2)19(24)20-17(12-9-13(23)10-12)16-4-3-7-25-16/h3-8,12-13,17,23H,9-10H2,1-2H3,(H,20,24)/t12?,13?,17-/m1/s1. The van der Waals surface area contributed by atoms with Gasteiger partial charge in [-0.2, -0.15) is 5.10 Å². The molecular formula is C19H21N3O2S. The minimum Gasteiger partial charge on any atom is -0.393 e. The van der Waals surface area contributed by atoms with E-state index in [4.69, 9.17) is 0 Å². The summed E-state index contributed by atoms with van der Waals surface area (Å²) in [6.45, 7) is 2.01. The molecule has 3 aromatic rings. The summed E-state index contributed by atoms with van der Waals surface area (Å²) in [6.07, 6.45) is 1.21. The Labute approximate surface area is 150 Å². The zero-order valence-corrected chi connectivity index (χ0v) is 15.1. The number of aromatic nitrogens is 2. The SMILES string of the molecule is Cc1ccc2c(c1)c(C(=O)N[C@@H](c1cccs1)C1CC(O)C1)nn2C. The van der Waals surface area contributed by atoms with Crippen molar-refractivity contribution in [2.75, 3.05) is 0 Å². The van der Waals surface area contributed by atoms with E-state index in [1.54, 1.807) is 16.0 Å². The molecule has 2 N–H and O–H groups in total. The minimum absolute atomic E-state index is 0.0715. The molecule has 1 aliphatic rings. The zero-order chi connectivity index (χ0) is 17.6. The van der Waals surface area contributed by atoms with Crippen LogP contribution in [0.25, 0.3) is 10.9 Å². The third-order valence-corrected chi connectivity index (χ3v) is 5.93. The molecule has 1 aliphatic carbocycles. The number of rotatable bonds is 4. The van der Waals surface area contributed by atoms with Crippen molar-refractivity contribution in [1.29, 1.82) is 0 Å². The van der Waals surface area contributed by atoms with E-state index >= 15 is 0 Å². The van der Waals surface area contributed by atoms with Crippen molar-refractivity contribution in [2.24, 2.45) is 13.0 Å². The molecular weight excluding hydrogens is 334 g/mol. The van der Waals surface area contributed by atoms with Gasteiger partial charge in [-0.25, -0.2) is 0 Å². The summed E-state index contributed by atoms with van der Waals surface area (Å²) in [5.41, 5.74) is 2.51. The maximum atomic E-state index is 13.0. The third kappa shape index (κ3) is 2.96. The molecule has 1 amide bonds. The Morgan fingerprint density at radius 3 is 2.88 bits per heavy atom. The molecule has 6 heteroatoms. The van der Waals surface area contributed by atoms with E-state index in [-0.39, 0.29) is 24.0 Å². The minimum atomic E-state index is -0.248. The molecule has 0 bridgehead atoms. The van der Waals surface area contributed by atoms with Gasteiger partial charge in [-0.15, -0.1) is 11.3 Å². The first-order valence-electron chi connectivity index (χ1n) is 8.48. The predicted molar refractivity (Wildman–Crippen MR) is 98.7 cm³/mol. The Bertz CT molecular complexity index is 910. The number of nitrogens with one attached hydrogen (secondary N) is 1. The summed E-state index contributed by atoms with van der Waals surface area (Å²) < 4.78 is 1.75. The van der Waals surface area contributed by atoms with Crippen molar-refractivity contribution in [2.45, 2.75) is 31.9 Å². The molecule has 1 fully saturated rings. The average Bonchev–Trinajstić information content (AvgIpc) is 3.18. The number of carbonyl (C=O) groups excluding carboxylic acids is 1. The maximum Gasteiger partial charge on any atom is 0.272 e. The molecule has 0 radical (unpaired) electrons. The third-order valence-electron chi connectivity index (χ3n) is 4.98. The van der Waals surface area contributed by atoms with Crippen LogP contribution in [0.3, 0.4) is 0 Å². The van der Waals surface area contributed by atoms with Gasteiger partial charge in [0.25, 0.3) is 5.91 Å². The molecule has 5 nitrogen and oxygen atoms in total. The number of amides is 1. The molecule has 0 spiro atoms. The molecule has 2 heterocycles. The number of aliphatic hydroxyl groups is 1. The highest BCUT2D eigenvalue weighted by Gasteiger charge is 2.36. The van der Waals surface area contributed by atoms with Crippen LogP contribution in [0.2, 0.25) is 0 Å². The number of benzene rings is 1. The Kier molecular flexibility index (Phi) is 4.09. The van der Waals surface area contributed by atoms with Gasteiger partial charge in [0.05, 0.1) is 17.7 Å². The van der Waals surface area contributed by atoms with Gasteiger partial charge in [0.15, 0.2) is 5.69 Å². The van der Waals surface area contributed by atoms with Crippen molar-refractivity contribution in [3.05, 3.63) is 51.8 Å². The van der Waals surface area contributed by atoms with E-state index < -0.39 is 0 Å². The normalized spacial score (nSPS) is 21.1. The predicted octanol–water partition coefficient (Wildman–Crippen LogP) is 3.19. The zero-order valence-electron chi connectivity index (χ0n) is 14.3. The summed E-state index contributed by atoms with van der Waals surface area (Å²) in [5, 5.41) is 20.2. The molecule has 25 heavy (non-hydrogen) atoms.